The van der Waals surface area contributed by atoms with E-state index in [4.69, 9.17) is 4.74 Å². The largest absolute Gasteiger partial charge is 0.504 e. The lowest BCUT2D eigenvalue weighted by molar-refractivity contribution is -0.173. The lowest BCUT2D eigenvalue weighted by atomic mass is 9.49. The number of nitrogens with zero attached hydrogens (tertiary/aromatic N) is 1. The molecule has 166 valence electrons. The van der Waals surface area contributed by atoms with E-state index < -0.39 is 28.6 Å². The number of phenols is 1. The van der Waals surface area contributed by atoms with Gasteiger partial charge >= 0.3 is 5.97 Å². The Hall–Kier alpha value is -2.84. The number of likely N-dealkylation sites (tertiary alicyclic amines) is 1. The Morgan fingerprint density at radius 1 is 1.28 bits per heavy atom. The minimum atomic E-state index is -1.30. The van der Waals surface area contributed by atoms with Crippen LogP contribution < -0.4 is 10.3 Å². The third-order valence-electron chi connectivity index (χ3n) is 8.62. The van der Waals surface area contributed by atoms with Gasteiger partial charge in [0.15, 0.2) is 17.6 Å². The number of aromatic nitrogens is 1. The topological polar surface area (TPSA) is 123 Å². The number of nitrogens with one attached hydrogen (secondary N) is 1. The van der Waals surface area contributed by atoms with Gasteiger partial charge < -0.3 is 25.0 Å². The zero-order valence-electron chi connectivity index (χ0n) is 17.4. The Labute approximate surface area is 183 Å². The maximum absolute atomic E-state index is 12.5. The number of aromatic hydroxyl groups is 1. The van der Waals surface area contributed by atoms with Crippen molar-refractivity contribution in [3.8, 4) is 11.5 Å². The van der Waals surface area contributed by atoms with Crippen LogP contribution >= 0.6 is 0 Å². The highest BCUT2D eigenvalue weighted by molar-refractivity contribution is 5.87. The summed E-state index contributed by atoms with van der Waals surface area (Å²) in [6.45, 7) is 1.76. The molecule has 2 bridgehead atoms. The maximum Gasteiger partial charge on any atom is 0.341 e. The van der Waals surface area contributed by atoms with E-state index in [0.717, 1.165) is 24.2 Å². The minimum Gasteiger partial charge on any atom is -0.504 e. The average Bonchev–Trinajstić information content (AvgIpc) is 3.48. The van der Waals surface area contributed by atoms with Crippen molar-refractivity contribution < 1.29 is 24.9 Å². The smallest absolute Gasteiger partial charge is 0.341 e. The van der Waals surface area contributed by atoms with Gasteiger partial charge in [0.25, 0.3) is 5.56 Å². The van der Waals surface area contributed by atoms with Gasteiger partial charge in [-0.25, -0.2) is 4.79 Å². The summed E-state index contributed by atoms with van der Waals surface area (Å²) in [5.74, 6) is -0.210. The normalized spacial score (nSPS) is 33.9. The summed E-state index contributed by atoms with van der Waals surface area (Å²) in [6, 6.07) is 4.83. The molecular formula is C24H24N2O6. The molecule has 2 aromatic rings. The highest BCUT2D eigenvalue weighted by atomic mass is 16.5. The Morgan fingerprint density at radius 3 is 2.84 bits per heavy atom. The van der Waals surface area contributed by atoms with E-state index >= 15 is 0 Å². The number of aliphatic hydroxyl groups is 1. The van der Waals surface area contributed by atoms with Gasteiger partial charge in [-0.1, -0.05) is 6.07 Å². The van der Waals surface area contributed by atoms with E-state index in [0.29, 0.717) is 35.8 Å². The number of aromatic amines is 1. The maximum atomic E-state index is 12.5. The second-order valence-corrected chi connectivity index (χ2v) is 10.2. The first-order valence-electron chi connectivity index (χ1n) is 11.3. The average molecular weight is 436 g/mol. The quantitative estimate of drug-likeness (QED) is 0.575. The number of carboxylic acids is 1. The van der Waals surface area contributed by atoms with Crippen LogP contribution in [0.2, 0.25) is 0 Å². The van der Waals surface area contributed by atoms with Crippen LogP contribution in [-0.4, -0.2) is 55.9 Å². The number of aromatic carboxylic acids is 1. The molecule has 0 amide bonds. The molecule has 0 radical (unpaired) electrons. The number of carboxylic acid groups (broad SMARTS) is 1. The number of ether oxygens (including phenoxy) is 1. The summed E-state index contributed by atoms with van der Waals surface area (Å²) >= 11 is 0. The number of rotatable bonds is 3. The first kappa shape index (κ1) is 18.7. The lowest BCUT2D eigenvalue weighted by Crippen LogP contribution is -2.74. The van der Waals surface area contributed by atoms with E-state index in [1.54, 1.807) is 6.07 Å². The highest BCUT2D eigenvalue weighted by Gasteiger charge is 2.72. The number of piperidine rings is 1. The van der Waals surface area contributed by atoms with E-state index in [-0.39, 0.29) is 23.8 Å². The molecule has 4 N–H and O–H groups in total. The molecule has 3 aliphatic carbocycles. The van der Waals surface area contributed by atoms with Crippen molar-refractivity contribution >= 4 is 5.97 Å². The van der Waals surface area contributed by atoms with Gasteiger partial charge in [0.1, 0.15) is 5.56 Å². The molecule has 1 aromatic carbocycles. The number of pyridine rings is 1. The number of hydrogen-bond acceptors (Lipinski definition) is 6. The Morgan fingerprint density at radius 2 is 2.09 bits per heavy atom. The molecule has 4 atom stereocenters. The first-order chi connectivity index (χ1) is 15.3. The van der Waals surface area contributed by atoms with Gasteiger partial charge in [0.05, 0.1) is 16.7 Å². The zero-order valence-corrected chi connectivity index (χ0v) is 17.4. The standard InChI is InChI=1S/C24H24N2O6/c27-15-4-3-12-8-16-24(31)9-13-7-14(22(29)30)21(28)25-18(13)20-23(24,17(12)19(15)32-20)5-6-26(16)10-11-1-2-11/h3-4,7,11,16,20,27,31H,1-2,5-6,8-10H2,(H,25,28)(H,29,30)/t16-,20+,23+,24-/m1/s1. The van der Waals surface area contributed by atoms with Crippen molar-refractivity contribution in [2.24, 2.45) is 5.92 Å². The molecule has 7 rings (SSSR count). The molecule has 2 aliphatic heterocycles. The van der Waals surface area contributed by atoms with Crippen molar-refractivity contribution in [1.29, 1.82) is 0 Å². The van der Waals surface area contributed by atoms with Crippen molar-refractivity contribution in [2.45, 2.75) is 55.3 Å². The van der Waals surface area contributed by atoms with Crippen LogP contribution in [0.1, 0.15) is 58.1 Å². The fourth-order valence-corrected chi connectivity index (χ4v) is 7.09. The van der Waals surface area contributed by atoms with Crippen molar-refractivity contribution in [2.75, 3.05) is 13.1 Å². The number of hydrogen-bond donors (Lipinski definition) is 4. The third-order valence-corrected chi connectivity index (χ3v) is 8.62. The van der Waals surface area contributed by atoms with Crippen LogP contribution in [0, 0.1) is 5.92 Å². The van der Waals surface area contributed by atoms with Crippen LogP contribution in [0.15, 0.2) is 23.0 Å². The number of carbonyl (C=O) groups is 1. The van der Waals surface area contributed by atoms with Gasteiger partial charge in [-0.15, -0.1) is 0 Å². The van der Waals surface area contributed by atoms with Gasteiger partial charge in [-0.05, 0) is 61.4 Å². The zero-order chi connectivity index (χ0) is 22.0. The van der Waals surface area contributed by atoms with Crippen molar-refractivity contribution in [1.82, 2.24) is 9.88 Å². The second-order valence-electron chi connectivity index (χ2n) is 10.2. The van der Waals surface area contributed by atoms with E-state index in [2.05, 4.69) is 9.88 Å². The van der Waals surface area contributed by atoms with Crippen LogP contribution in [0.5, 0.6) is 11.5 Å². The summed E-state index contributed by atoms with van der Waals surface area (Å²) < 4.78 is 6.34. The van der Waals surface area contributed by atoms with E-state index in [1.165, 1.54) is 18.9 Å². The van der Waals surface area contributed by atoms with Crippen LogP contribution in [0.4, 0.5) is 0 Å². The van der Waals surface area contributed by atoms with Crippen LogP contribution in [-0.2, 0) is 18.3 Å². The summed E-state index contributed by atoms with van der Waals surface area (Å²) in [5, 5.41) is 32.6. The minimum absolute atomic E-state index is 0.0276. The second kappa shape index (κ2) is 5.74. The molecule has 0 unspecified atom stereocenters. The van der Waals surface area contributed by atoms with Gasteiger partial charge in [0, 0.05) is 24.6 Å². The number of phenolic OH excluding ortho intramolecular Hbond substituents is 1. The predicted molar refractivity (Wildman–Crippen MR) is 112 cm³/mol. The van der Waals surface area contributed by atoms with E-state index in [1.807, 2.05) is 6.07 Å². The SMILES string of the molecule is O=C(O)c1cc2c([nH]c1=O)[C@@H]1Oc3c(O)ccc4c3[C@@]13CCN(CC1CC1)[C@H](C4)[C@]3(O)C2. The fraction of sp³-hybridized carbons (Fsp3) is 0.500. The van der Waals surface area contributed by atoms with Crippen molar-refractivity contribution in [3.05, 3.63) is 56.5 Å². The third kappa shape index (κ3) is 2.05. The number of H-pyrrole nitrogens is 1. The summed E-state index contributed by atoms with van der Waals surface area (Å²) in [7, 11) is 0. The monoisotopic (exact) mass is 436 g/mol. The highest BCUT2D eigenvalue weighted by Crippen LogP contribution is 2.68. The molecule has 2 fully saturated rings. The summed E-state index contributed by atoms with van der Waals surface area (Å²) in [6.07, 6.45) is 3.29. The number of benzene rings is 1. The molecule has 1 saturated heterocycles. The first-order valence-corrected chi connectivity index (χ1v) is 11.3. The Balaban J connectivity index is 1.50. The molecule has 3 heterocycles. The lowest BCUT2D eigenvalue weighted by Gasteiger charge is -2.63. The molecule has 1 spiro atoms. The molecule has 5 aliphatic rings. The van der Waals surface area contributed by atoms with Crippen molar-refractivity contribution in [3.63, 3.8) is 0 Å². The Kier molecular flexibility index (Phi) is 3.35. The molecule has 8 nitrogen and oxygen atoms in total. The Bertz CT molecular complexity index is 1270. The number of fused-ring (bicyclic) bond motifs is 2. The van der Waals surface area contributed by atoms with Gasteiger partial charge in [0.2, 0.25) is 0 Å². The van der Waals surface area contributed by atoms with Crippen LogP contribution in [0.3, 0.4) is 0 Å². The predicted octanol–water partition coefficient (Wildman–Crippen LogP) is 1.48. The van der Waals surface area contributed by atoms with E-state index in [9.17, 15) is 24.9 Å². The fourth-order valence-electron chi connectivity index (χ4n) is 7.09. The summed E-state index contributed by atoms with van der Waals surface area (Å²) in [5.41, 5.74) is 0.0442. The van der Waals surface area contributed by atoms with Crippen LogP contribution in [0.25, 0.3) is 0 Å². The van der Waals surface area contributed by atoms with Gasteiger partial charge in [-0.2, -0.15) is 0 Å². The summed E-state index contributed by atoms with van der Waals surface area (Å²) in [4.78, 5) is 29.3. The molecule has 1 saturated carbocycles. The van der Waals surface area contributed by atoms with Gasteiger partial charge in [-0.3, -0.25) is 9.69 Å². The molecular weight excluding hydrogens is 412 g/mol. The molecule has 1 aromatic heterocycles. The molecule has 32 heavy (non-hydrogen) atoms. The molecule has 8 heteroatoms.